The summed E-state index contributed by atoms with van der Waals surface area (Å²) in [6.07, 6.45) is 2.71. The van der Waals surface area contributed by atoms with Crippen LogP contribution >= 0.6 is 0 Å². The minimum Gasteiger partial charge on any atom is -0.469 e. The molecule has 0 saturated carbocycles. The molecule has 0 bridgehead atoms. The standard InChI is InChI=1S/C14H16N2O2/c15-12-5-3-11(4-6-12)10-14(17)16-8-7-13-2-1-9-18-13/h1-6,9H,7-8,10,15H2,(H,16,17). The summed E-state index contributed by atoms with van der Waals surface area (Å²) >= 11 is 0. The molecule has 18 heavy (non-hydrogen) atoms. The number of anilines is 1. The summed E-state index contributed by atoms with van der Waals surface area (Å²) in [5.74, 6) is 0.883. The van der Waals surface area contributed by atoms with Gasteiger partial charge in [-0.25, -0.2) is 0 Å². The predicted molar refractivity (Wildman–Crippen MR) is 70.0 cm³/mol. The lowest BCUT2D eigenvalue weighted by atomic mass is 10.1. The van der Waals surface area contributed by atoms with Gasteiger partial charge in [0.1, 0.15) is 5.76 Å². The van der Waals surface area contributed by atoms with Crippen molar-refractivity contribution in [3.8, 4) is 0 Å². The highest BCUT2D eigenvalue weighted by atomic mass is 16.3. The maximum atomic E-state index is 11.7. The lowest BCUT2D eigenvalue weighted by Gasteiger charge is -2.04. The number of hydrogen-bond acceptors (Lipinski definition) is 3. The molecule has 2 aromatic rings. The first-order valence-electron chi connectivity index (χ1n) is 5.87. The van der Waals surface area contributed by atoms with Crippen molar-refractivity contribution >= 4 is 11.6 Å². The Morgan fingerprint density at radius 2 is 2.00 bits per heavy atom. The van der Waals surface area contributed by atoms with Crippen LogP contribution in [0, 0.1) is 0 Å². The van der Waals surface area contributed by atoms with Gasteiger partial charge in [0.2, 0.25) is 5.91 Å². The molecule has 0 aliphatic carbocycles. The van der Waals surface area contributed by atoms with Crippen molar-refractivity contribution in [1.29, 1.82) is 0 Å². The molecule has 0 spiro atoms. The molecular weight excluding hydrogens is 228 g/mol. The maximum Gasteiger partial charge on any atom is 0.224 e. The van der Waals surface area contributed by atoms with Crippen LogP contribution in [-0.4, -0.2) is 12.5 Å². The van der Waals surface area contributed by atoms with E-state index in [1.54, 1.807) is 18.4 Å². The van der Waals surface area contributed by atoms with E-state index in [1.165, 1.54) is 0 Å². The van der Waals surface area contributed by atoms with Crippen LogP contribution in [0.4, 0.5) is 5.69 Å². The number of furan rings is 1. The maximum absolute atomic E-state index is 11.7. The SMILES string of the molecule is Nc1ccc(CC(=O)NCCc2ccco2)cc1. The third-order valence-corrected chi connectivity index (χ3v) is 2.62. The van der Waals surface area contributed by atoms with Crippen molar-refractivity contribution < 1.29 is 9.21 Å². The van der Waals surface area contributed by atoms with Gasteiger partial charge in [0, 0.05) is 18.7 Å². The number of nitrogen functional groups attached to an aromatic ring is 1. The van der Waals surface area contributed by atoms with Crippen molar-refractivity contribution in [3.63, 3.8) is 0 Å². The van der Waals surface area contributed by atoms with Crippen LogP contribution < -0.4 is 11.1 Å². The molecule has 0 radical (unpaired) electrons. The Labute approximate surface area is 106 Å². The first-order chi connectivity index (χ1) is 8.74. The minimum absolute atomic E-state index is 0.00586. The summed E-state index contributed by atoms with van der Waals surface area (Å²) in [7, 11) is 0. The summed E-state index contributed by atoms with van der Waals surface area (Å²) in [5, 5.41) is 2.85. The van der Waals surface area contributed by atoms with Gasteiger partial charge in [-0.2, -0.15) is 0 Å². The molecule has 4 heteroatoms. The van der Waals surface area contributed by atoms with Gasteiger partial charge in [0.15, 0.2) is 0 Å². The van der Waals surface area contributed by atoms with Crippen molar-refractivity contribution in [1.82, 2.24) is 5.32 Å². The Bertz CT molecular complexity index is 489. The topological polar surface area (TPSA) is 68.3 Å². The van der Waals surface area contributed by atoms with Gasteiger partial charge in [0.05, 0.1) is 12.7 Å². The van der Waals surface area contributed by atoms with Crippen LogP contribution in [0.15, 0.2) is 47.1 Å². The second kappa shape index (κ2) is 5.91. The van der Waals surface area contributed by atoms with Crippen LogP contribution in [-0.2, 0) is 17.6 Å². The van der Waals surface area contributed by atoms with E-state index in [4.69, 9.17) is 10.2 Å². The van der Waals surface area contributed by atoms with Crippen LogP contribution in [0.3, 0.4) is 0 Å². The van der Waals surface area contributed by atoms with E-state index in [-0.39, 0.29) is 5.91 Å². The van der Waals surface area contributed by atoms with Crippen LogP contribution in [0.1, 0.15) is 11.3 Å². The molecule has 94 valence electrons. The molecule has 1 aromatic carbocycles. The number of rotatable bonds is 5. The van der Waals surface area contributed by atoms with Crippen molar-refractivity contribution in [2.45, 2.75) is 12.8 Å². The van der Waals surface area contributed by atoms with Crippen molar-refractivity contribution in [2.75, 3.05) is 12.3 Å². The fourth-order valence-corrected chi connectivity index (χ4v) is 1.66. The second-order valence-electron chi connectivity index (χ2n) is 4.10. The Hall–Kier alpha value is -2.23. The average Bonchev–Trinajstić information content (AvgIpc) is 2.85. The molecule has 4 nitrogen and oxygen atoms in total. The van der Waals surface area contributed by atoms with E-state index in [9.17, 15) is 4.79 Å². The van der Waals surface area contributed by atoms with Gasteiger partial charge in [-0.05, 0) is 29.8 Å². The molecule has 0 aliphatic rings. The number of nitrogens with two attached hydrogens (primary N) is 1. The molecule has 0 atom stereocenters. The average molecular weight is 244 g/mol. The highest BCUT2D eigenvalue weighted by Gasteiger charge is 2.03. The second-order valence-corrected chi connectivity index (χ2v) is 4.10. The van der Waals surface area contributed by atoms with E-state index in [0.717, 1.165) is 11.3 Å². The van der Waals surface area contributed by atoms with Crippen LogP contribution in [0.25, 0.3) is 0 Å². The summed E-state index contributed by atoms with van der Waals surface area (Å²) < 4.78 is 5.18. The molecule has 0 saturated heterocycles. The number of benzene rings is 1. The highest BCUT2D eigenvalue weighted by Crippen LogP contribution is 2.06. The van der Waals surface area contributed by atoms with E-state index < -0.39 is 0 Å². The molecule has 2 rings (SSSR count). The predicted octanol–water partition coefficient (Wildman–Crippen LogP) is 1.76. The van der Waals surface area contributed by atoms with Gasteiger partial charge in [-0.3, -0.25) is 4.79 Å². The van der Waals surface area contributed by atoms with E-state index in [0.29, 0.717) is 25.1 Å². The van der Waals surface area contributed by atoms with Gasteiger partial charge >= 0.3 is 0 Å². The van der Waals surface area contributed by atoms with Crippen LogP contribution in [0.5, 0.6) is 0 Å². The number of hydrogen-bond donors (Lipinski definition) is 2. The first-order valence-corrected chi connectivity index (χ1v) is 5.87. The molecule has 1 heterocycles. The highest BCUT2D eigenvalue weighted by molar-refractivity contribution is 5.78. The fraction of sp³-hybridized carbons (Fsp3) is 0.214. The van der Waals surface area contributed by atoms with Gasteiger partial charge in [-0.1, -0.05) is 12.1 Å². The lowest BCUT2D eigenvalue weighted by molar-refractivity contribution is -0.120. The van der Waals surface area contributed by atoms with Crippen molar-refractivity contribution in [3.05, 3.63) is 54.0 Å². The largest absolute Gasteiger partial charge is 0.469 e. The van der Waals surface area contributed by atoms with E-state index in [2.05, 4.69) is 5.32 Å². The minimum atomic E-state index is 0.00586. The van der Waals surface area contributed by atoms with Gasteiger partial charge < -0.3 is 15.5 Å². The fourth-order valence-electron chi connectivity index (χ4n) is 1.66. The molecule has 1 aromatic heterocycles. The quantitative estimate of drug-likeness (QED) is 0.787. The summed E-state index contributed by atoms with van der Waals surface area (Å²) in [5.41, 5.74) is 7.24. The molecule has 0 aliphatic heterocycles. The lowest BCUT2D eigenvalue weighted by Crippen LogP contribution is -2.27. The van der Waals surface area contributed by atoms with E-state index >= 15 is 0 Å². The number of carbonyl (C=O) groups excluding carboxylic acids is 1. The first kappa shape index (κ1) is 12.2. The zero-order chi connectivity index (χ0) is 12.8. The Morgan fingerprint density at radius 3 is 2.67 bits per heavy atom. The zero-order valence-electron chi connectivity index (χ0n) is 10.1. The van der Waals surface area contributed by atoms with E-state index in [1.807, 2.05) is 24.3 Å². The smallest absolute Gasteiger partial charge is 0.224 e. The molecular formula is C14H16N2O2. The monoisotopic (exact) mass is 244 g/mol. The van der Waals surface area contributed by atoms with Crippen molar-refractivity contribution in [2.24, 2.45) is 0 Å². The molecule has 0 fully saturated rings. The number of amides is 1. The Morgan fingerprint density at radius 1 is 1.22 bits per heavy atom. The normalized spacial score (nSPS) is 10.2. The Balaban J connectivity index is 1.73. The molecule has 0 unspecified atom stereocenters. The van der Waals surface area contributed by atoms with Crippen LogP contribution in [0.2, 0.25) is 0 Å². The number of carbonyl (C=O) groups is 1. The third-order valence-electron chi connectivity index (χ3n) is 2.62. The zero-order valence-corrected chi connectivity index (χ0v) is 10.1. The Kier molecular flexibility index (Phi) is 4.02. The summed E-state index contributed by atoms with van der Waals surface area (Å²) in [4.78, 5) is 11.7. The molecule has 3 N–H and O–H groups in total. The van der Waals surface area contributed by atoms with Gasteiger partial charge in [-0.15, -0.1) is 0 Å². The number of nitrogens with one attached hydrogen (secondary N) is 1. The molecule has 1 amide bonds. The summed E-state index contributed by atoms with van der Waals surface area (Å²) in [6, 6.07) is 11.1. The third kappa shape index (κ3) is 3.66. The van der Waals surface area contributed by atoms with Gasteiger partial charge in [0.25, 0.3) is 0 Å². The summed E-state index contributed by atoms with van der Waals surface area (Å²) in [6.45, 7) is 0.585.